The first kappa shape index (κ1) is 19.2. The van der Waals surface area contributed by atoms with Gasteiger partial charge in [-0.1, -0.05) is 64.0 Å². The van der Waals surface area contributed by atoms with Crippen LogP contribution in [0.3, 0.4) is 0 Å². The Hall–Kier alpha value is -0.830. The van der Waals surface area contributed by atoms with Gasteiger partial charge in [-0.05, 0) is 25.7 Å². The van der Waals surface area contributed by atoms with Crippen molar-refractivity contribution in [1.82, 2.24) is 0 Å². The quantitative estimate of drug-likeness (QED) is 0.362. The zero-order valence-corrected chi connectivity index (χ0v) is 13.3. The second-order valence-corrected chi connectivity index (χ2v) is 5.37. The van der Waals surface area contributed by atoms with Crippen molar-refractivity contribution in [1.29, 1.82) is 0 Å². The number of unbranched alkanes of at least 4 members (excludes halogenated alkanes) is 8. The van der Waals surface area contributed by atoms with Crippen molar-refractivity contribution >= 4 is 5.97 Å². The fraction of sp³-hybridized carbons (Fsp3) is 0.824. The van der Waals surface area contributed by atoms with Gasteiger partial charge in [-0.15, -0.1) is 0 Å². The van der Waals surface area contributed by atoms with Gasteiger partial charge in [0.05, 0.1) is 0 Å². The third kappa shape index (κ3) is 12.2. The van der Waals surface area contributed by atoms with Gasteiger partial charge in [0.15, 0.2) is 6.10 Å². The Morgan fingerprint density at radius 3 is 2.10 bits per heavy atom. The van der Waals surface area contributed by atoms with Gasteiger partial charge >= 0.3 is 5.97 Å². The molecule has 0 bridgehead atoms. The molecule has 0 amide bonds. The van der Waals surface area contributed by atoms with Crippen LogP contribution >= 0.6 is 0 Å². The largest absolute Gasteiger partial charge is 0.479 e. The smallest absolute Gasteiger partial charge is 0.332 e. The number of ether oxygens (including phenoxy) is 1. The topological polar surface area (TPSA) is 46.5 Å². The van der Waals surface area contributed by atoms with E-state index in [0.29, 0.717) is 6.42 Å². The molecule has 3 heteroatoms. The lowest BCUT2D eigenvalue weighted by atomic mass is 10.1. The van der Waals surface area contributed by atoms with Gasteiger partial charge in [0.2, 0.25) is 0 Å². The summed E-state index contributed by atoms with van der Waals surface area (Å²) in [4.78, 5) is 10.7. The summed E-state index contributed by atoms with van der Waals surface area (Å²) in [5, 5.41) is 8.80. The van der Waals surface area contributed by atoms with Crippen LogP contribution in [0.1, 0.15) is 77.6 Å². The van der Waals surface area contributed by atoms with Crippen LogP contribution in [0.25, 0.3) is 0 Å². The Balaban J connectivity index is 3.29. The van der Waals surface area contributed by atoms with Gasteiger partial charge in [-0.2, -0.15) is 0 Å². The molecule has 1 unspecified atom stereocenters. The van der Waals surface area contributed by atoms with E-state index < -0.39 is 12.1 Å². The van der Waals surface area contributed by atoms with Gasteiger partial charge in [0, 0.05) is 7.11 Å². The summed E-state index contributed by atoms with van der Waals surface area (Å²) in [6, 6.07) is 0. The summed E-state index contributed by atoms with van der Waals surface area (Å²) in [5.74, 6) is -0.871. The molecular weight excluding hydrogens is 252 g/mol. The van der Waals surface area contributed by atoms with E-state index in [0.717, 1.165) is 12.8 Å². The predicted molar refractivity (Wildman–Crippen MR) is 84.0 cm³/mol. The lowest BCUT2D eigenvalue weighted by Crippen LogP contribution is -2.21. The van der Waals surface area contributed by atoms with Gasteiger partial charge in [-0.25, -0.2) is 4.79 Å². The maximum atomic E-state index is 10.7. The maximum absolute atomic E-state index is 10.7. The van der Waals surface area contributed by atoms with Gasteiger partial charge in [0.1, 0.15) is 0 Å². The molecule has 0 heterocycles. The SMILES string of the molecule is CCCCCCCCCC/C=C\CCC(OC)C(=O)O. The van der Waals surface area contributed by atoms with Crippen LogP contribution in [0.2, 0.25) is 0 Å². The lowest BCUT2D eigenvalue weighted by molar-refractivity contribution is -0.148. The van der Waals surface area contributed by atoms with Crippen molar-refractivity contribution in [2.45, 2.75) is 83.7 Å². The van der Waals surface area contributed by atoms with Gasteiger partial charge in [0.25, 0.3) is 0 Å². The minimum Gasteiger partial charge on any atom is -0.479 e. The molecule has 118 valence electrons. The summed E-state index contributed by atoms with van der Waals surface area (Å²) < 4.78 is 4.88. The number of methoxy groups -OCH3 is 1. The van der Waals surface area contributed by atoms with Crippen LogP contribution in [-0.4, -0.2) is 24.3 Å². The highest BCUT2D eigenvalue weighted by Gasteiger charge is 2.14. The van der Waals surface area contributed by atoms with Gasteiger partial charge < -0.3 is 9.84 Å². The molecule has 3 nitrogen and oxygen atoms in total. The first-order chi connectivity index (χ1) is 9.72. The van der Waals surface area contributed by atoms with E-state index in [1.165, 1.54) is 58.5 Å². The number of allylic oxidation sites excluding steroid dienone is 2. The Bertz CT molecular complexity index is 249. The van der Waals surface area contributed by atoms with E-state index in [1.54, 1.807) is 0 Å². The molecule has 0 aliphatic heterocycles. The monoisotopic (exact) mass is 284 g/mol. The molecule has 0 spiro atoms. The maximum Gasteiger partial charge on any atom is 0.332 e. The third-order valence-electron chi connectivity index (χ3n) is 3.55. The number of rotatable bonds is 14. The summed E-state index contributed by atoms with van der Waals surface area (Å²) in [6.45, 7) is 2.25. The normalized spacial score (nSPS) is 12.9. The first-order valence-electron chi connectivity index (χ1n) is 8.13. The number of carboxylic acids is 1. The standard InChI is InChI=1S/C17H32O3/c1-3-4-5-6-7-8-9-10-11-12-13-14-15-16(20-2)17(18)19/h12-13,16H,3-11,14-15H2,1-2H3,(H,18,19)/b13-12-. The van der Waals surface area contributed by atoms with E-state index in [4.69, 9.17) is 9.84 Å². The zero-order valence-electron chi connectivity index (χ0n) is 13.3. The Kier molecular flexibility index (Phi) is 14.0. The molecule has 0 fully saturated rings. The van der Waals surface area contributed by atoms with Crippen molar-refractivity contribution in [2.24, 2.45) is 0 Å². The molecule has 0 saturated carbocycles. The molecule has 1 N–H and O–H groups in total. The average Bonchev–Trinajstić information content (AvgIpc) is 2.43. The highest BCUT2D eigenvalue weighted by Crippen LogP contribution is 2.10. The van der Waals surface area contributed by atoms with Crippen molar-refractivity contribution < 1.29 is 14.6 Å². The highest BCUT2D eigenvalue weighted by molar-refractivity contribution is 5.72. The summed E-state index contributed by atoms with van der Waals surface area (Å²) in [5.41, 5.74) is 0. The van der Waals surface area contributed by atoms with Crippen molar-refractivity contribution in [3.05, 3.63) is 12.2 Å². The second-order valence-electron chi connectivity index (χ2n) is 5.37. The van der Waals surface area contributed by atoms with Crippen LogP contribution < -0.4 is 0 Å². The number of carbonyl (C=O) groups is 1. The predicted octanol–water partition coefficient (Wildman–Crippen LogP) is 4.95. The fourth-order valence-electron chi connectivity index (χ4n) is 2.22. The summed E-state index contributed by atoms with van der Waals surface area (Å²) in [6.07, 6.45) is 16.8. The number of carboxylic acid groups (broad SMARTS) is 1. The molecule has 0 saturated heterocycles. The molecule has 0 aromatic rings. The van der Waals surface area contributed by atoms with E-state index in [2.05, 4.69) is 19.1 Å². The highest BCUT2D eigenvalue weighted by atomic mass is 16.5. The Morgan fingerprint density at radius 1 is 1.00 bits per heavy atom. The molecule has 0 radical (unpaired) electrons. The fourth-order valence-corrected chi connectivity index (χ4v) is 2.22. The Morgan fingerprint density at radius 2 is 1.55 bits per heavy atom. The van der Waals surface area contributed by atoms with E-state index in [-0.39, 0.29) is 0 Å². The molecule has 1 atom stereocenters. The second kappa shape index (κ2) is 14.6. The minimum absolute atomic E-state index is 0.555. The van der Waals surface area contributed by atoms with E-state index in [1.807, 2.05) is 0 Å². The van der Waals surface area contributed by atoms with Crippen LogP contribution in [0.4, 0.5) is 0 Å². The van der Waals surface area contributed by atoms with Gasteiger partial charge in [-0.3, -0.25) is 0 Å². The minimum atomic E-state index is -0.871. The van der Waals surface area contributed by atoms with Crippen molar-refractivity contribution in [3.8, 4) is 0 Å². The third-order valence-corrected chi connectivity index (χ3v) is 3.55. The zero-order chi connectivity index (χ0) is 15.1. The number of hydrogen-bond donors (Lipinski definition) is 1. The van der Waals surface area contributed by atoms with Crippen LogP contribution in [-0.2, 0) is 9.53 Å². The summed E-state index contributed by atoms with van der Waals surface area (Å²) >= 11 is 0. The van der Waals surface area contributed by atoms with Crippen LogP contribution in [0.5, 0.6) is 0 Å². The molecule has 0 rings (SSSR count). The summed E-state index contributed by atoms with van der Waals surface area (Å²) in [7, 11) is 1.45. The van der Waals surface area contributed by atoms with Crippen molar-refractivity contribution in [3.63, 3.8) is 0 Å². The molecule has 0 aliphatic carbocycles. The lowest BCUT2D eigenvalue weighted by Gasteiger charge is -2.07. The first-order valence-corrected chi connectivity index (χ1v) is 8.13. The van der Waals surface area contributed by atoms with Crippen LogP contribution in [0.15, 0.2) is 12.2 Å². The van der Waals surface area contributed by atoms with Crippen LogP contribution in [0, 0.1) is 0 Å². The molecule has 0 aromatic carbocycles. The molecular formula is C17H32O3. The Labute approximate surface area is 124 Å². The number of hydrogen-bond acceptors (Lipinski definition) is 2. The molecule has 20 heavy (non-hydrogen) atoms. The van der Waals surface area contributed by atoms with Crippen molar-refractivity contribution in [2.75, 3.05) is 7.11 Å². The van der Waals surface area contributed by atoms with E-state index >= 15 is 0 Å². The average molecular weight is 284 g/mol. The van der Waals surface area contributed by atoms with E-state index in [9.17, 15) is 4.79 Å². The molecule has 0 aromatic heterocycles. The number of aliphatic carboxylic acids is 1. The molecule has 0 aliphatic rings.